The first-order valence-electron chi connectivity index (χ1n) is 9.22. The highest BCUT2D eigenvalue weighted by atomic mass is 16.4. The molecule has 0 aromatic carbocycles. The molecule has 0 spiro atoms. The number of amides is 1. The van der Waals surface area contributed by atoms with E-state index >= 15 is 0 Å². The first-order valence-corrected chi connectivity index (χ1v) is 9.22. The Hall–Kier alpha value is -1.10. The van der Waals surface area contributed by atoms with Gasteiger partial charge in [0.2, 0.25) is 5.91 Å². The van der Waals surface area contributed by atoms with Gasteiger partial charge in [-0.15, -0.1) is 0 Å². The number of fused-ring (bicyclic) bond motifs is 1. The number of carbonyl (C=O) groups is 2. The average molecular weight is 322 g/mol. The number of piperidine rings is 1. The fraction of sp³-hybridized carbons (Fsp3) is 0.889. The Labute approximate surface area is 139 Å². The summed E-state index contributed by atoms with van der Waals surface area (Å²) in [6.45, 7) is 6.33. The highest BCUT2D eigenvalue weighted by molar-refractivity contribution is 5.80. The van der Waals surface area contributed by atoms with Crippen molar-refractivity contribution in [3.05, 3.63) is 0 Å². The summed E-state index contributed by atoms with van der Waals surface area (Å²) in [4.78, 5) is 28.4. The lowest BCUT2D eigenvalue weighted by molar-refractivity contribution is -0.144. The van der Waals surface area contributed by atoms with Gasteiger partial charge in [-0.05, 0) is 43.4 Å². The molecule has 130 valence electrons. The van der Waals surface area contributed by atoms with Gasteiger partial charge >= 0.3 is 5.97 Å². The lowest BCUT2D eigenvalue weighted by Gasteiger charge is -2.38. The van der Waals surface area contributed by atoms with E-state index in [0.29, 0.717) is 23.8 Å². The summed E-state index contributed by atoms with van der Waals surface area (Å²) in [6.07, 6.45) is 6.44. The van der Waals surface area contributed by atoms with E-state index < -0.39 is 12.0 Å². The lowest BCUT2D eigenvalue weighted by Crippen LogP contribution is -2.51. The van der Waals surface area contributed by atoms with Crippen LogP contribution in [0.1, 0.15) is 52.4 Å². The normalized spacial score (nSPS) is 38.3. The molecular formula is C18H30N2O3. The van der Waals surface area contributed by atoms with Gasteiger partial charge in [-0.1, -0.05) is 26.7 Å². The van der Waals surface area contributed by atoms with E-state index in [9.17, 15) is 14.7 Å². The van der Waals surface area contributed by atoms with Crippen molar-refractivity contribution in [3.63, 3.8) is 0 Å². The van der Waals surface area contributed by atoms with Crippen LogP contribution >= 0.6 is 0 Å². The molecule has 1 saturated carbocycles. The van der Waals surface area contributed by atoms with Gasteiger partial charge < -0.3 is 10.0 Å². The van der Waals surface area contributed by atoms with Crippen LogP contribution in [0.15, 0.2) is 0 Å². The van der Waals surface area contributed by atoms with E-state index in [-0.39, 0.29) is 12.5 Å². The summed E-state index contributed by atoms with van der Waals surface area (Å²) in [7, 11) is 0. The zero-order valence-electron chi connectivity index (χ0n) is 14.4. The molecule has 23 heavy (non-hydrogen) atoms. The molecule has 0 bridgehead atoms. The van der Waals surface area contributed by atoms with Gasteiger partial charge in [0.25, 0.3) is 0 Å². The lowest BCUT2D eigenvalue weighted by atomic mass is 9.85. The quantitative estimate of drug-likeness (QED) is 0.865. The molecular weight excluding hydrogens is 292 g/mol. The van der Waals surface area contributed by atoms with Crippen molar-refractivity contribution < 1.29 is 14.7 Å². The van der Waals surface area contributed by atoms with Crippen LogP contribution in [-0.2, 0) is 9.59 Å². The van der Waals surface area contributed by atoms with Crippen molar-refractivity contribution in [2.24, 2.45) is 17.8 Å². The van der Waals surface area contributed by atoms with Crippen molar-refractivity contribution in [3.8, 4) is 0 Å². The van der Waals surface area contributed by atoms with E-state index in [1.165, 1.54) is 12.8 Å². The number of hydrogen-bond donors (Lipinski definition) is 1. The molecule has 3 fully saturated rings. The van der Waals surface area contributed by atoms with Gasteiger partial charge in [0.05, 0.1) is 6.54 Å². The van der Waals surface area contributed by atoms with Crippen LogP contribution in [0, 0.1) is 17.8 Å². The first kappa shape index (κ1) is 16.7. The van der Waals surface area contributed by atoms with Crippen molar-refractivity contribution in [1.82, 2.24) is 9.80 Å². The number of carboxylic acids is 1. The van der Waals surface area contributed by atoms with Crippen LogP contribution in [0.25, 0.3) is 0 Å². The van der Waals surface area contributed by atoms with Gasteiger partial charge in [0.15, 0.2) is 0 Å². The average Bonchev–Trinajstić information content (AvgIpc) is 2.85. The van der Waals surface area contributed by atoms with Crippen LogP contribution in [0.4, 0.5) is 0 Å². The van der Waals surface area contributed by atoms with E-state index in [1.807, 2.05) is 9.80 Å². The molecule has 1 aliphatic carbocycles. The Balaban J connectivity index is 1.68. The summed E-state index contributed by atoms with van der Waals surface area (Å²) >= 11 is 0. The molecule has 5 heteroatoms. The highest BCUT2D eigenvalue weighted by Crippen LogP contribution is 2.39. The number of likely N-dealkylation sites (tertiary alicyclic amines) is 2. The second-order valence-electron chi connectivity index (χ2n) is 8.12. The van der Waals surface area contributed by atoms with Crippen molar-refractivity contribution in [2.75, 3.05) is 19.6 Å². The fourth-order valence-electron chi connectivity index (χ4n) is 5.15. The third-order valence-corrected chi connectivity index (χ3v) is 6.05. The largest absolute Gasteiger partial charge is 0.480 e. The van der Waals surface area contributed by atoms with Gasteiger partial charge in [-0.3, -0.25) is 14.5 Å². The van der Waals surface area contributed by atoms with Crippen LogP contribution in [0.2, 0.25) is 0 Å². The fourth-order valence-corrected chi connectivity index (χ4v) is 5.15. The molecule has 2 heterocycles. The van der Waals surface area contributed by atoms with Crippen molar-refractivity contribution in [2.45, 2.75) is 64.5 Å². The molecule has 3 aliphatic rings. The standard InChI is InChI=1S/C18H30N2O3/c1-12-7-13(2)10-19(9-12)17(21)11-20-15-6-4-3-5-14(15)8-16(20)18(22)23/h12-16H,3-11H2,1-2H3,(H,22,23)/t12-,13+,14-,15+,16+/m1/s1. The maximum Gasteiger partial charge on any atom is 0.320 e. The van der Waals surface area contributed by atoms with E-state index in [1.54, 1.807) is 0 Å². The van der Waals surface area contributed by atoms with E-state index in [4.69, 9.17) is 0 Å². The maximum atomic E-state index is 12.8. The third kappa shape index (κ3) is 3.54. The van der Waals surface area contributed by atoms with E-state index in [2.05, 4.69) is 13.8 Å². The molecule has 2 aliphatic heterocycles. The van der Waals surface area contributed by atoms with Gasteiger partial charge in [0, 0.05) is 19.1 Å². The van der Waals surface area contributed by atoms with Crippen LogP contribution < -0.4 is 0 Å². The van der Waals surface area contributed by atoms with Gasteiger partial charge in [-0.2, -0.15) is 0 Å². The number of hydrogen-bond acceptors (Lipinski definition) is 3. The Morgan fingerprint density at radius 3 is 2.35 bits per heavy atom. The summed E-state index contributed by atoms with van der Waals surface area (Å²) in [5.74, 6) is 0.920. The van der Waals surface area contributed by atoms with Crippen LogP contribution in [0.3, 0.4) is 0 Å². The molecule has 0 unspecified atom stereocenters. The number of rotatable bonds is 3. The monoisotopic (exact) mass is 322 g/mol. The zero-order valence-corrected chi connectivity index (χ0v) is 14.4. The van der Waals surface area contributed by atoms with Gasteiger partial charge in [0.1, 0.15) is 6.04 Å². The summed E-state index contributed by atoms with van der Waals surface area (Å²) in [5, 5.41) is 9.57. The highest BCUT2D eigenvalue weighted by Gasteiger charge is 2.46. The summed E-state index contributed by atoms with van der Waals surface area (Å²) < 4.78 is 0. The Morgan fingerprint density at radius 1 is 1.04 bits per heavy atom. The topological polar surface area (TPSA) is 60.9 Å². The summed E-state index contributed by atoms with van der Waals surface area (Å²) in [5.41, 5.74) is 0. The van der Waals surface area contributed by atoms with Crippen molar-refractivity contribution in [1.29, 1.82) is 0 Å². The third-order valence-electron chi connectivity index (χ3n) is 6.05. The number of nitrogens with zero attached hydrogens (tertiary/aromatic N) is 2. The Bertz CT molecular complexity index is 457. The number of aliphatic carboxylic acids is 1. The molecule has 2 saturated heterocycles. The Kier molecular flexibility index (Phi) is 4.95. The predicted octanol–water partition coefficient (Wildman–Crippen LogP) is 2.21. The zero-order chi connectivity index (χ0) is 16.6. The molecule has 1 amide bonds. The minimum absolute atomic E-state index is 0.126. The van der Waals surface area contributed by atoms with Crippen molar-refractivity contribution >= 4 is 11.9 Å². The molecule has 0 aromatic rings. The molecule has 0 radical (unpaired) electrons. The predicted molar refractivity (Wildman–Crippen MR) is 88.0 cm³/mol. The maximum absolute atomic E-state index is 12.8. The second kappa shape index (κ2) is 6.80. The smallest absolute Gasteiger partial charge is 0.320 e. The Morgan fingerprint density at radius 2 is 1.70 bits per heavy atom. The minimum Gasteiger partial charge on any atom is -0.480 e. The SMILES string of the molecule is C[C@@H]1C[C@H](C)CN(C(=O)CN2[C@H](C(=O)O)C[C@H]3CCCC[C@@H]32)C1. The van der Waals surface area contributed by atoms with Crippen LogP contribution in [-0.4, -0.2) is 58.5 Å². The van der Waals surface area contributed by atoms with E-state index in [0.717, 1.165) is 38.8 Å². The first-order chi connectivity index (χ1) is 11.0. The number of carbonyl (C=O) groups excluding carboxylic acids is 1. The molecule has 5 nitrogen and oxygen atoms in total. The van der Waals surface area contributed by atoms with Crippen LogP contribution in [0.5, 0.6) is 0 Å². The number of carboxylic acid groups (broad SMARTS) is 1. The summed E-state index contributed by atoms with van der Waals surface area (Å²) in [6, 6.07) is -0.167. The molecule has 1 N–H and O–H groups in total. The molecule has 5 atom stereocenters. The van der Waals surface area contributed by atoms with Gasteiger partial charge in [-0.25, -0.2) is 0 Å². The second-order valence-corrected chi connectivity index (χ2v) is 8.12. The molecule has 3 rings (SSSR count). The molecule has 0 aromatic heterocycles. The minimum atomic E-state index is -0.757.